The summed E-state index contributed by atoms with van der Waals surface area (Å²) in [6, 6.07) is 13.5. The van der Waals surface area contributed by atoms with Crippen molar-refractivity contribution in [1.29, 1.82) is 0 Å². The number of amides is 2. The number of thioether (sulfide) groups is 1. The van der Waals surface area contributed by atoms with Crippen molar-refractivity contribution in [3.05, 3.63) is 87.5 Å². The third kappa shape index (κ3) is 8.55. The third-order valence-electron chi connectivity index (χ3n) is 7.86. The summed E-state index contributed by atoms with van der Waals surface area (Å²) in [5.41, 5.74) is 3.88. The van der Waals surface area contributed by atoms with E-state index >= 15 is 0 Å². The molecule has 3 aliphatic rings. The maximum absolute atomic E-state index is 12.8. The molecule has 5 rings (SSSR count). The minimum Gasteiger partial charge on any atom is -0.493 e. The molecule has 1 aliphatic heterocycles. The van der Waals surface area contributed by atoms with Gasteiger partial charge in [0.25, 0.3) is 5.91 Å². The number of benzene rings is 2. The first-order valence-electron chi connectivity index (χ1n) is 14.9. The summed E-state index contributed by atoms with van der Waals surface area (Å²) in [5, 5.41) is 6.07. The SMILES string of the molecule is COc1cc(C=C2CN(CC(=O)NC3=CCC(=O)C=C3C)C(Cl)S2)ccc1OCc1cccc(C(=O)NC2CCCCC2)c1. The maximum Gasteiger partial charge on any atom is 0.251 e. The van der Waals surface area contributed by atoms with E-state index in [0.29, 0.717) is 35.9 Å². The second kappa shape index (κ2) is 15.0. The molecular weight excluding hydrogens is 598 g/mol. The van der Waals surface area contributed by atoms with Gasteiger partial charge in [-0.1, -0.05) is 66.9 Å². The molecule has 44 heavy (non-hydrogen) atoms. The average molecular weight is 636 g/mol. The van der Waals surface area contributed by atoms with Crippen LogP contribution in [0.25, 0.3) is 6.08 Å². The summed E-state index contributed by atoms with van der Waals surface area (Å²) in [6.07, 6.45) is 11.3. The largest absolute Gasteiger partial charge is 0.493 e. The predicted molar refractivity (Wildman–Crippen MR) is 174 cm³/mol. The monoisotopic (exact) mass is 635 g/mol. The Bertz CT molecular complexity index is 1500. The van der Waals surface area contributed by atoms with Gasteiger partial charge < -0.3 is 20.1 Å². The van der Waals surface area contributed by atoms with Gasteiger partial charge in [-0.2, -0.15) is 0 Å². The molecule has 1 atom stereocenters. The molecule has 1 unspecified atom stereocenters. The van der Waals surface area contributed by atoms with Crippen molar-refractivity contribution < 1.29 is 23.9 Å². The number of ether oxygens (including phenoxy) is 2. The lowest BCUT2D eigenvalue weighted by molar-refractivity contribution is -0.121. The van der Waals surface area contributed by atoms with Crippen molar-refractivity contribution in [1.82, 2.24) is 15.5 Å². The molecule has 232 valence electrons. The van der Waals surface area contributed by atoms with Crippen molar-refractivity contribution in [2.45, 2.75) is 62.9 Å². The van der Waals surface area contributed by atoms with Crippen LogP contribution in [0.5, 0.6) is 11.5 Å². The van der Waals surface area contributed by atoms with E-state index in [9.17, 15) is 14.4 Å². The van der Waals surface area contributed by atoms with E-state index in [0.717, 1.165) is 34.4 Å². The molecule has 2 amide bonds. The number of nitrogens with one attached hydrogen (secondary N) is 2. The number of carbonyl (C=O) groups excluding carboxylic acids is 3. The van der Waals surface area contributed by atoms with Crippen LogP contribution in [0.1, 0.15) is 66.9 Å². The summed E-state index contributed by atoms with van der Waals surface area (Å²) in [5.74, 6) is 1.01. The lowest BCUT2D eigenvalue weighted by atomic mass is 9.95. The van der Waals surface area contributed by atoms with Gasteiger partial charge in [-0.25, -0.2) is 0 Å². The van der Waals surface area contributed by atoms with Gasteiger partial charge in [0.2, 0.25) is 5.91 Å². The van der Waals surface area contributed by atoms with Crippen molar-refractivity contribution in [3.63, 3.8) is 0 Å². The van der Waals surface area contributed by atoms with Crippen LogP contribution in [-0.4, -0.2) is 53.6 Å². The molecule has 1 saturated carbocycles. The number of allylic oxidation sites excluding steroid dienone is 3. The van der Waals surface area contributed by atoms with E-state index in [4.69, 9.17) is 21.1 Å². The highest BCUT2D eigenvalue weighted by atomic mass is 35.5. The first kappa shape index (κ1) is 31.9. The van der Waals surface area contributed by atoms with Gasteiger partial charge >= 0.3 is 0 Å². The zero-order valence-electron chi connectivity index (χ0n) is 25.1. The van der Waals surface area contributed by atoms with Crippen LogP contribution in [0.15, 0.2) is 70.8 Å². The van der Waals surface area contributed by atoms with E-state index in [2.05, 4.69) is 10.6 Å². The number of hydrogen-bond donors (Lipinski definition) is 2. The number of alkyl halides is 1. The van der Waals surface area contributed by atoms with Gasteiger partial charge in [-0.15, -0.1) is 0 Å². The van der Waals surface area contributed by atoms with E-state index < -0.39 is 0 Å². The van der Waals surface area contributed by atoms with E-state index in [-0.39, 0.29) is 41.4 Å². The number of rotatable bonds is 10. The Morgan fingerprint density at radius 2 is 1.93 bits per heavy atom. The standard InChI is InChI=1S/C34H38ClN3O5S/c1-22-15-27(39)12-13-29(22)37-32(40)20-38-19-28(44-34(38)35)17-23-11-14-30(31(18-23)42-2)43-21-24-7-6-8-25(16-24)33(41)36-26-9-4-3-5-10-26/h6-8,11,13-18,26,34H,3-5,9-10,12,19-21H2,1-2H3,(H,36,41)(H,37,40). The Kier molecular flexibility index (Phi) is 10.8. The summed E-state index contributed by atoms with van der Waals surface area (Å²) < 4.78 is 11.7. The van der Waals surface area contributed by atoms with Gasteiger partial charge in [0.15, 0.2) is 17.3 Å². The van der Waals surface area contributed by atoms with Crippen molar-refractivity contribution >= 4 is 47.0 Å². The molecule has 10 heteroatoms. The van der Waals surface area contributed by atoms with Crippen molar-refractivity contribution in [2.75, 3.05) is 20.2 Å². The summed E-state index contributed by atoms with van der Waals surface area (Å²) >= 11 is 8.06. The number of methoxy groups -OCH3 is 1. The lowest BCUT2D eigenvalue weighted by Crippen LogP contribution is -2.38. The van der Waals surface area contributed by atoms with Crippen LogP contribution in [0.4, 0.5) is 0 Å². The molecule has 2 fully saturated rings. The minimum absolute atomic E-state index is 0.0313. The zero-order valence-corrected chi connectivity index (χ0v) is 26.6. The first-order chi connectivity index (χ1) is 21.3. The Labute approximate surface area is 267 Å². The average Bonchev–Trinajstić information content (AvgIpc) is 3.36. The molecule has 0 aromatic heterocycles. The minimum atomic E-state index is -0.379. The number of halogens is 1. The van der Waals surface area contributed by atoms with Crippen LogP contribution in [-0.2, 0) is 16.2 Å². The van der Waals surface area contributed by atoms with Crippen LogP contribution < -0.4 is 20.1 Å². The highest BCUT2D eigenvalue weighted by Gasteiger charge is 2.29. The molecular formula is C34H38ClN3O5S. The second-order valence-electron chi connectivity index (χ2n) is 11.3. The molecule has 8 nitrogen and oxygen atoms in total. The van der Waals surface area contributed by atoms with E-state index in [1.54, 1.807) is 26.2 Å². The molecule has 0 radical (unpaired) electrons. The molecule has 1 heterocycles. The quantitative estimate of drug-likeness (QED) is 0.238. The van der Waals surface area contributed by atoms with Crippen molar-refractivity contribution in [2.24, 2.45) is 0 Å². The number of ketones is 1. The van der Waals surface area contributed by atoms with Crippen LogP contribution in [0, 0.1) is 0 Å². The van der Waals surface area contributed by atoms with E-state index in [1.165, 1.54) is 31.0 Å². The molecule has 2 N–H and O–H groups in total. The Morgan fingerprint density at radius 1 is 1.11 bits per heavy atom. The third-order valence-corrected chi connectivity index (χ3v) is 9.45. The maximum atomic E-state index is 12.8. The highest BCUT2D eigenvalue weighted by Crippen LogP contribution is 2.38. The molecule has 2 aromatic carbocycles. The summed E-state index contributed by atoms with van der Waals surface area (Å²) in [6.45, 7) is 2.77. The molecule has 2 aliphatic carbocycles. The second-order valence-corrected chi connectivity index (χ2v) is 13.2. The fourth-order valence-corrected chi connectivity index (χ4v) is 7.01. The molecule has 2 aromatic rings. The molecule has 0 bridgehead atoms. The van der Waals surface area contributed by atoms with Crippen LogP contribution in [0.2, 0.25) is 0 Å². The van der Waals surface area contributed by atoms with Crippen molar-refractivity contribution in [3.8, 4) is 11.5 Å². The number of nitrogens with zero attached hydrogens (tertiary/aromatic N) is 1. The fraction of sp³-hybridized carbons (Fsp3) is 0.382. The number of carbonyl (C=O) groups is 3. The van der Waals surface area contributed by atoms with Gasteiger partial charge in [0.05, 0.1) is 13.7 Å². The predicted octanol–water partition coefficient (Wildman–Crippen LogP) is 6.17. The first-order valence-corrected chi connectivity index (χ1v) is 16.3. The van der Waals surface area contributed by atoms with Crippen LogP contribution >= 0.6 is 23.4 Å². The normalized spacial score (nSPS) is 20.2. The van der Waals surface area contributed by atoms with Gasteiger partial charge in [0, 0.05) is 35.2 Å². The topological polar surface area (TPSA) is 97.0 Å². The Hall–Kier alpha value is -3.53. The molecule has 0 spiro atoms. The van der Waals surface area contributed by atoms with E-state index in [1.807, 2.05) is 53.4 Å². The smallest absolute Gasteiger partial charge is 0.251 e. The van der Waals surface area contributed by atoms with Crippen LogP contribution in [0.3, 0.4) is 0 Å². The Balaban J connectivity index is 1.16. The lowest BCUT2D eigenvalue weighted by Gasteiger charge is -2.22. The number of hydrogen-bond acceptors (Lipinski definition) is 7. The summed E-state index contributed by atoms with van der Waals surface area (Å²) in [4.78, 5) is 39.6. The van der Waals surface area contributed by atoms with Gasteiger partial charge in [-0.3, -0.25) is 19.3 Å². The highest BCUT2D eigenvalue weighted by molar-refractivity contribution is 8.05. The van der Waals surface area contributed by atoms with Gasteiger partial charge in [0.1, 0.15) is 11.4 Å². The van der Waals surface area contributed by atoms with Gasteiger partial charge in [-0.05, 0) is 72.9 Å². The molecule has 1 saturated heterocycles. The fourth-order valence-electron chi connectivity index (χ4n) is 5.54. The Morgan fingerprint density at radius 3 is 2.70 bits per heavy atom. The zero-order chi connectivity index (χ0) is 31.1. The summed E-state index contributed by atoms with van der Waals surface area (Å²) in [7, 11) is 1.60.